The van der Waals surface area contributed by atoms with E-state index in [0.717, 1.165) is 37.2 Å². The number of aryl methyl sites for hydroxylation is 1. The standard InChI is InChI=1S/C13H20ClN3/c1-4-7-8-12-16-11(13(14)17-12)9-15-10(5-2)6-3/h2,10,15H,4,6-9H2,1,3H3,(H,16,17). The molecule has 1 aromatic heterocycles. The van der Waals surface area contributed by atoms with Gasteiger partial charge in [0.05, 0.1) is 11.7 Å². The predicted molar refractivity (Wildman–Crippen MR) is 72.0 cm³/mol. The molecule has 0 radical (unpaired) electrons. The van der Waals surface area contributed by atoms with Crippen LogP contribution in [0.5, 0.6) is 0 Å². The zero-order chi connectivity index (χ0) is 12.7. The van der Waals surface area contributed by atoms with Gasteiger partial charge in [0.1, 0.15) is 5.82 Å². The number of aromatic amines is 1. The normalized spacial score (nSPS) is 12.4. The third kappa shape index (κ3) is 4.41. The van der Waals surface area contributed by atoms with Crippen LogP contribution in [0.2, 0.25) is 5.15 Å². The van der Waals surface area contributed by atoms with E-state index in [2.05, 4.69) is 35.1 Å². The van der Waals surface area contributed by atoms with Crippen LogP contribution in [-0.2, 0) is 13.0 Å². The highest BCUT2D eigenvalue weighted by molar-refractivity contribution is 6.30. The highest BCUT2D eigenvalue weighted by Gasteiger charge is 2.09. The lowest BCUT2D eigenvalue weighted by Crippen LogP contribution is -2.26. The first-order valence-electron chi connectivity index (χ1n) is 6.14. The lowest BCUT2D eigenvalue weighted by atomic mass is 10.2. The second kappa shape index (κ2) is 7.37. The summed E-state index contributed by atoms with van der Waals surface area (Å²) in [5, 5.41) is 3.81. The maximum absolute atomic E-state index is 6.06. The van der Waals surface area contributed by atoms with Crippen molar-refractivity contribution in [1.29, 1.82) is 0 Å². The summed E-state index contributed by atoms with van der Waals surface area (Å²) in [6.45, 7) is 4.85. The van der Waals surface area contributed by atoms with E-state index in [1.165, 1.54) is 0 Å². The Morgan fingerprint density at radius 2 is 2.29 bits per heavy atom. The van der Waals surface area contributed by atoms with Crippen molar-refractivity contribution in [3.63, 3.8) is 0 Å². The maximum atomic E-state index is 6.06. The number of nitrogens with one attached hydrogen (secondary N) is 2. The van der Waals surface area contributed by atoms with Crippen molar-refractivity contribution in [3.8, 4) is 12.3 Å². The highest BCUT2D eigenvalue weighted by Crippen LogP contribution is 2.14. The first-order chi connectivity index (χ1) is 8.21. The lowest BCUT2D eigenvalue weighted by molar-refractivity contribution is 0.586. The van der Waals surface area contributed by atoms with E-state index in [4.69, 9.17) is 18.0 Å². The largest absolute Gasteiger partial charge is 0.344 e. The van der Waals surface area contributed by atoms with Crippen LogP contribution in [0.3, 0.4) is 0 Å². The van der Waals surface area contributed by atoms with Gasteiger partial charge in [-0.15, -0.1) is 6.42 Å². The number of unbranched alkanes of at least 4 members (excludes halogenated alkanes) is 1. The molecule has 3 nitrogen and oxygen atoms in total. The highest BCUT2D eigenvalue weighted by atomic mass is 35.5. The summed E-state index contributed by atoms with van der Waals surface area (Å²) in [5.41, 5.74) is 0.923. The van der Waals surface area contributed by atoms with Crippen LogP contribution in [0.25, 0.3) is 0 Å². The molecule has 4 heteroatoms. The average molecular weight is 254 g/mol. The molecular weight excluding hydrogens is 234 g/mol. The molecule has 0 aliphatic carbocycles. The molecular formula is C13H20ClN3. The van der Waals surface area contributed by atoms with Crippen LogP contribution in [0.1, 0.15) is 44.6 Å². The Kier molecular flexibility index (Phi) is 6.10. The maximum Gasteiger partial charge on any atom is 0.151 e. The van der Waals surface area contributed by atoms with Crippen LogP contribution in [-0.4, -0.2) is 16.0 Å². The topological polar surface area (TPSA) is 40.7 Å². The number of H-pyrrole nitrogens is 1. The number of terminal acetylenes is 1. The number of rotatable bonds is 7. The number of aromatic nitrogens is 2. The van der Waals surface area contributed by atoms with Crippen molar-refractivity contribution in [2.24, 2.45) is 0 Å². The number of hydrogen-bond acceptors (Lipinski definition) is 2. The van der Waals surface area contributed by atoms with Crippen molar-refractivity contribution in [2.45, 2.75) is 52.1 Å². The van der Waals surface area contributed by atoms with Crippen LogP contribution in [0.15, 0.2) is 0 Å². The summed E-state index contributed by atoms with van der Waals surface area (Å²) in [5.74, 6) is 3.65. The zero-order valence-corrected chi connectivity index (χ0v) is 11.3. The summed E-state index contributed by atoms with van der Waals surface area (Å²) >= 11 is 6.06. The molecule has 2 N–H and O–H groups in total. The van der Waals surface area contributed by atoms with Crippen LogP contribution < -0.4 is 5.32 Å². The molecule has 1 atom stereocenters. The Bertz CT molecular complexity index is 379. The number of nitrogens with zero attached hydrogens (tertiary/aromatic N) is 1. The van der Waals surface area contributed by atoms with Crippen molar-refractivity contribution in [3.05, 3.63) is 16.7 Å². The fourth-order valence-corrected chi connectivity index (χ4v) is 1.78. The molecule has 0 spiro atoms. The molecule has 1 rings (SSSR count). The monoisotopic (exact) mass is 253 g/mol. The summed E-state index contributed by atoms with van der Waals surface area (Å²) in [4.78, 5) is 7.54. The van der Waals surface area contributed by atoms with Crippen LogP contribution in [0, 0.1) is 12.3 Å². The molecule has 1 unspecified atom stereocenters. The molecule has 1 aromatic rings. The molecule has 0 aliphatic heterocycles. The molecule has 1 heterocycles. The average Bonchev–Trinajstić information content (AvgIpc) is 2.69. The van der Waals surface area contributed by atoms with Crippen molar-refractivity contribution >= 4 is 11.6 Å². The molecule has 0 saturated carbocycles. The van der Waals surface area contributed by atoms with Gasteiger partial charge >= 0.3 is 0 Å². The fraction of sp³-hybridized carbons (Fsp3) is 0.615. The van der Waals surface area contributed by atoms with Gasteiger partial charge in [0.15, 0.2) is 5.15 Å². The summed E-state index contributed by atoms with van der Waals surface area (Å²) in [6.07, 6.45) is 9.52. The fourth-order valence-electron chi connectivity index (χ4n) is 1.57. The first-order valence-corrected chi connectivity index (χ1v) is 6.51. The molecule has 0 saturated heterocycles. The quantitative estimate of drug-likeness (QED) is 0.734. The van der Waals surface area contributed by atoms with Crippen molar-refractivity contribution in [1.82, 2.24) is 15.3 Å². The van der Waals surface area contributed by atoms with Gasteiger partial charge in [-0.3, -0.25) is 5.32 Å². The Balaban J connectivity index is 2.53. The molecule has 0 aromatic carbocycles. The van der Waals surface area contributed by atoms with Gasteiger partial charge in [-0.25, -0.2) is 4.98 Å². The summed E-state index contributed by atoms with van der Waals surface area (Å²) < 4.78 is 0. The van der Waals surface area contributed by atoms with Gasteiger partial charge in [-0.2, -0.15) is 0 Å². The van der Waals surface area contributed by atoms with Gasteiger partial charge in [-0.1, -0.05) is 37.8 Å². The third-order valence-electron chi connectivity index (χ3n) is 2.68. The van der Waals surface area contributed by atoms with E-state index in [-0.39, 0.29) is 6.04 Å². The summed E-state index contributed by atoms with van der Waals surface area (Å²) in [6, 6.07) is 0.0912. The molecule has 0 amide bonds. The number of imidazole rings is 1. The van der Waals surface area contributed by atoms with E-state index in [1.807, 2.05) is 0 Å². The second-order valence-electron chi connectivity index (χ2n) is 4.06. The first kappa shape index (κ1) is 14.1. The van der Waals surface area contributed by atoms with Crippen molar-refractivity contribution < 1.29 is 0 Å². The third-order valence-corrected chi connectivity index (χ3v) is 2.99. The number of hydrogen-bond donors (Lipinski definition) is 2. The van der Waals surface area contributed by atoms with E-state index >= 15 is 0 Å². The Morgan fingerprint density at radius 3 is 2.88 bits per heavy atom. The molecule has 94 valence electrons. The predicted octanol–water partition coefficient (Wildman–Crippen LogP) is 2.91. The summed E-state index contributed by atoms with van der Waals surface area (Å²) in [7, 11) is 0. The Labute approximate surface area is 108 Å². The second-order valence-corrected chi connectivity index (χ2v) is 4.42. The van der Waals surface area contributed by atoms with Gasteiger partial charge in [0.2, 0.25) is 0 Å². The zero-order valence-electron chi connectivity index (χ0n) is 10.5. The van der Waals surface area contributed by atoms with Crippen molar-refractivity contribution in [2.75, 3.05) is 0 Å². The van der Waals surface area contributed by atoms with Gasteiger partial charge < -0.3 is 4.98 Å². The Hall–Kier alpha value is -0.980. The van der Waals surface area contributed by atoms with E-state index in [1.54, 1.807) is 0 Å². The van der Waals surface area contributed by atoms with Gasteiger partial charge in [0.25, 0.3) is 0 Å². The molecule has 0 bridgehead atoms. The minimum absolute atomic E-state index is 0.0912. The Morgan fingerprint density at radius 1 is 1.53 bits per heavy atom. The van der Waals surface area contributed by atoms with Gasteiger partial charge in [-0.05, 0) is 12.8 Å². The van der Waals surface area contributed by atoms with E-state index in [0.29, 0.717) is 11.7 Å². The number of halogens is 1. The van der Waals surface area contributed by atoms with Gasteiger partial charge in [0, 0.05) is 13.0 Å². The molecule has 0 aliphatic rings. The van der Waals surface area contributed by atoms with Crippen LogP contribution >= 0.6 is 11.6 Å². The SMILES string of the molecule is C#CC(CC)NCc1[nH]c(CCCC)nc1Cl. The lowest BCUT2D eigenvalue weighted by Gasteiger charge is -2.09. The minimum Gasteiger partial charge on any atom is -0.344 e. The minimum atomic E-state index is 0.0912. The molecule has 0 fully saturated rings. The van der Waals surface area contributed by atoms with Crippen LogP contribution in [0.4, 0.5) is 0 Å². The molecule has 17 heavy (non-hydrogen) atoms. The smallest absolute Gasteiger partial charge is 0.151 e. The van der Waals surface area contributed by atoms with E-state index < -0.39 is 0 Å². The van der Waals surface area contributed by atoms with E-state index in [9.17, 15) is 0 Å².